The summed E-state index contributed by atoms with van der Waals surface area (Å²) < 4.78 is 27.1. The molecule has 0 spiro atoms. The van der Waals surface area contributed by atoms with E-state index in [1.165, 1.54) is 4.31 Å². The summed E-state index contributed by atoms with van der Waals surface area (Å²) in [4.78, 5) is 14.8. The van der Waals surface area contributed by atoms with Gasteiger partial charge < -0.3 is 4.90 Å². The molecule has 2 aromatic rings. The molecule has 2 aromatic carbocycles. The fourth-order valence-corrected chi connectivity index (χ4v) is 4.82. The monoisotopic (exact) mass is 372 g/mol. The summed E-state index contributed by atoms with van der Waals surface area (Å²) in [7, 11) is -1.81. The number of hydrogen-bond donors (Lipinski definition) is 0. The van der Waals surface area contributed by atoms with E-state index in [2.05, 4.69) is 0 Å². The molecule has 26 heavy (non-hydrogen) atoms. The van der Waals surface area contributed by atoms with Gasteiger partial charge in [0.05, 0.1) is 10.8 Å². The summed E-state index contributed by atoms with van der Waals surface area (Å²) >= 11 is 0. The maximum absolute atomic E-state index is 12.9. The second-order valence-corrected chi connectivity index (χ2v) is 8.69. The summed E-state index contributed by atoms with van der Waals surface area (Å²) in [6, 6.07) is 16.2. The summed E-state index contributed by atoms with van der Waals surface area (Å²) in [6.45, 7) is 2.68. The van der Waals surface area contributed by atoms with Crippen LogP contribution in [0.25, 0.3) is 0 Å². The summed E-state index contributed by atoms with van der Waals surface area (Å²) in [5.74, 6) is -0.365. The van der Waals surface area contributed by atoms with Crippen LogP contribution in [0.1, 0.15) is 18.4 Å². The van der Waals surface area contributed by atoms with Gasteiger partial charge >= 0.3 is 0 Å². The first kappa shape index (κ1) is 18.6. The highest BCUT2D eigenvalue weighted by Gasteiger charge is 2.34. The molecule has 5 nitrogen and oxygen atoms in total. The number of carbonyl (C=O) groups excluding carboxylic acids is 1. The van der Waals surface area contributed by atoms with E-state index in [1.54, 1.807) is 42.3 Å². The average molecular weight is 372 g/mol. The lowest BCUT2D eigenvalue weighted by Crippen LogP contribution is -2.45. The normalized spacial score (nSPS) is 18.5. The Kier molecular flexibility index (Phi) is 5.44. The lowest BCUT2D eigenvalue weighted by molar-refractivity contribution is -0.123. The Morgan fingerprint density at radius 1 is 1.08 bits per heavy atom. The van der Waals surface area contributed by atoms with E-state index in [0.29, 0.717) is 19.4 Å². The SMILES string of the molecule is Cc1ccc(N(C)C(=O)C2CCCN(S(=O)(=O)c3ccccc3)C2)cc1. The quantitative estimate of drug-likeness (QED) is 0.829. The number of benzene rings is 2. The van der Waals surface area contributed by atoms with Crippen molar-refractivity contribution in [1.82, 2.24) is 4.31 Å². The first-order chi connectivity index (χ1) is 12.4. The number of hydrogen-bond acceptors (Lipinski definition) is 3. The van der Waals surface area contributed by atoms with Gasteiger partial charge in [-0.1, -0.05) is 35.9 Å². The van der Waals surface area contributed by atoms with Crippen LogP contribution in [0.2, 0.25) is 0 Å². The first-order valence-corrected chi connectivity index (χ1v) is 10.2. The molecule has 0 saturated carbocycles. The average Bonchev–Trinajstić information content (AvgIpc) is 2.68. The Morgan fingerprint density at radius 3 is 2.38 bits per heavy atom. The summed E-state index contributed by atoms with van der Waals surface area (Å²) in [5.41, 5.74) is 1.95. The van der Waals surface area contributed by atoms with Crippen molar-refractivity contribution in [1.29, 1.82) is 0 Å². The number of aryl methyl sites for hydroxylation is 1. The van der Waals surface area contributed by atoms with Gasteiger partial charge in [0.25, 0.3) is 0 Å². The van der Waals surface area contributed by atoms with Crippen LogP contribution < -0.4 is 4.90 Å². The molecule has 0 aliphatic carbocycles. The molecule has 1 amide bonds. The molecule has 6 heteroatoms. The first-order valence-electron chi connectivity index (χ1n) is 8.79. The van der Waals surface area contributed by atoms with Crippen molar-refractivity contribution in [2.24, 2.45) is 5.92 Å². The minimum Gasteiger partial charge on any atom is -0.315 e. The maximum atomic E-state index is 12.9. The molecular weight excluding hydrogens is 348 g/mol. The Morgan fingerprint density at radius 2 is 1.73 bits per heavy atom. The van der Waals surface area contributed by atoms with Crippen LogP contribution in [0.15, 0.2) is 59.5 Å². The van der Waals surface area contributed by atoms with Crippen LogP contribution in [-0.2, 0) is 14.8 Å². The highest BCUT2D eigenvalue weighted by atomic mass is 32.2. The van der Waals surface area contributed by atoms with Gasteiger partial charge in [-0.15, -0.1) is 0 Å². The van der Waals surface area contributed by atoms with Crippen molar-refractivity contribution in [3.8, 4) is 0 Å². The molecule has 1 unspecified atom stereocenters. The molecule has 1 aliphatic heterocycles. The van der Waals surface area contributed by atoms with Gasteiger partial charge in [-0.3, -0.25) is 4.79 Å². The highest BCUT2D eigenvalue weighted by Crippen LogP contribution is 2.26. The van der Waals surface area contributed by atoms with E-state index in [-0.39, 0.29) is 23.3 Å². The molecule has 3 rings (SSSR count). The second kappa shape index (κ2) is 7.60. The van der Waals surface area contributed by atoms with E-state index in [1.807, 2.05) is 31.2 Å². The second-order valence-electron chi connectivity index (χ2n) is 6.75. The number of nitrogens with zero attached hydrogens (tertiary/aromatic N) is 2. The largest absolute Gasteiger partial charge is 0.315 e. The number of piperidine rings is 1. The molecule has 138 valence electrons. The zero-order chi connectivity index (χ0) is 18.7. The number of rotatable bonds is 4. The highest BCUT2D eigenvalue weighted by molar-refractivity contribution is 7.89. The Balaban J connectivity index is 1.75. The molecule has 1 heterocycles. The topological polar surface area (TPSA) is 57.7 Å². The standard InChI is InChI=1S/C20H24N2O3S/c1-16-10-12-18(13-11-16)21(2)20(23)17-7-6-14-22(15-17)26(24,25)19-8-4-3-5-9-19/h3-5,8-13,17H,6-7,14-15H2,1-2H3. The molecular formula is C20H24N2O3S. The van der Waals surface area contributed by atoms with Crippen LogP contribution >= 0.6 is 0 Å². The van der Waals surface area contributed by atoms with Crippen LogP contribution in [0.4, 0.5) is 5.69 Å². The van der Waals surface area contributed by atoms with E-state index in [0.717, 1.165) is 11.3 Å². The predicted octanol–water partition coefficient (Wildman–Crippen LogP) is 3.06. The van der Waals surface area contributed by atoms with Crippen molar-refractivity contribution in [3.05, 3.63) is 60.2 Å². The minimum absolute atomic E-state index is 0.0400. The molecule has 1 saturated heterocycles. The summed E-state index contributed by atoms with van der Waals surface area (Å²) in [6.07, 6.45) is 1.39. The van der Waals surface area contributed by atoms with Gasteiger partial charge in [-0.2, -0.15) is 4.31 Å². The zero-order valence-electron chi connectivity index (χ0n) is 15.1. The third-order valence-corrected chi connectivity index (χ3v) is 6.75. The van der Waals surface area contributed by atoms with Gasteiger partial charge in [0.1, 0.15) is 0 Å². The minimum atomic E-state index is -3.56. The van der Waals surface area contributed by atoms with Crippen molar-refractivity contribution in [2.75, 3.05) is 25.0 Å². The van der Waals surface area contributed by atoms with Crippen LogP contribution in [-0.4, -0.2) is 38.8 Å². The lowest BCUT2D eigenvalue weighted by Gasteiger charge is -2.33. The Bertz CT molecular complexity index is 864. The van der Waals surface area contributed by atoms with Crippen LogP contribution in [0, 0.1) is 12.8 Å². The molecule has 1 aliphatic rings. The number of carbonyl (C=O) groups is 1. The van der Waals surface area contributed by atoms with Crippen molar-refractivity contribution < 1.29 is 13.2 Å². The van der Waals surface area contributed by atoms with Crippen molar-refractivity contribution >= 4 is 21.6 Å². The van der Waals surface area contributed by atoms with E-state index in [4.69, 9.17) is 0 Å². The fourth-order valence-electron chi connectivity index (χ4n) is 3.27. The van der Waals surface area contributed by atoms with E-state index >= 15 is 0 Å². The van der Waals surface area contributed by atoms with E-state index in [9.17, 15) is 13.2 Å². The predicted molar refractivity (Wildman–Crippen MR) is 103 cm³/mol. The third-order valence-electron chi connectivity index (χ3n) is 4.87. The Hall–Kier alpha value is -2.18. The lowest BCUT2D eigenvalue weighted by atomic mass is 9.98. The fraction of sp³-hybridized carbons (Fsp3) is 0.350. The zero-order valence-corrected chi connectivity index (χ0v) is 15.9. The Labute approximate surface area is 155 Å². The van der Waals surface area contributed by atoms with Crippen LogP contribution in [0.5, 0.6) is 0 Å². The summed E-state index contributed by atoms with van der Waals surface area (Å²) in [5, 5.41) is 0. The van der Waals surface area contributed by atoms with Gasteiger partial charge in [-0.25, -0.2) is 8.42 Å². The van der Waals surface area contributed by atoms with Gasteiger partial charge in [0, 0.05) is 25.8 Å². The number of amides is 1. The van der Waals surface area contributed by atoms with Crippen LogP contribution in [0.3, 0.4) is 0 Å². The smallest absolute Gasteiger partial charge is 0.243 e. The molecule has 0 radical (unpaired) electrons. The molecule has 0 bridgehead atoms. The number of anilines is 1. The van der Waals surface area contributed by atoms with Crippen molar-refractivity contribution in [2.45, 2.75) is 24.7 Å². The third kappa shape index (κ3) is 3.81. The molecule has 0 N–H and O–H groups in total. The maximum Gasteiger partial charge on any atom is 0.243 e. The van der Waals surface area contributed by atoms with E-state index < -0.39 is 10.0 Å². The molecule has 1 atom stereocenters. The molecule has 0 aromatic heterocycles. The van der Waals surface area contributed by atoms with Gasteiger partial charge in [-0.05, 0) is 44.0 Å². The molecule has 1 fully saturated rings. The van der Waals surface area contributed by atoms with Crippen molar-refractivity contribution in [3.63, 3.8) is 0 Å². The van der Waals surface area contributed by atoms with Gasteiger partial charge in [0.2, 0.25) is 15.9 Å². The van der Waals surface area contributed by atoms with Gasteiger partial charge in [0.15, 0.2) is 0 Å². The number of sulfonamides is 1.